The van der Waals surface area contributed by atoms with Crippen LogP contribution < -0.4 is 5.32 Å². The second-order valence-electron chi connectivity index (χ2n) is 5.18. The van der Waals surface area contributed by atoms with Gasteiger partial charge < -0.3 is 4.74 Å². The van der Waals surface area contributed by atoms with Crippen LogP contribution in [0.4, 0.5) is 16.2 Å². The topological polar surface area (TPSA) is 105 Å². The maximum Gasteiger partial charge on any atom is 0.412 e. The first-order chi connectivity index (χ1) is 9.64. The van der Waals surface area contributed by atoms with Gasteiger partial charge in [-0.15, -0.1) is 0 Å². The third kappa shape index (κ3) is 5.18. The van der Waals surface area contributed by atoms with Crippen molar-refractivity contribution in [3.05, 3.63) is 31.4 Å². The van der Waals surface area contributed by atoms with E-state index in [-0.39, 0.29) is 17.8 Å². The lowest BCUT2D eigenvalue weighted by atomic mass is 10.1. The zero-order chi connectivity index (χ0) is 16.2. The highest BCUT2D eigenvalue weighted by Gasteiger charge is 2.22. The Morgan fingerprint density at radius 3 is 2.62 bits per heavy atom. The summed E-state index contributed by atoms with van der Waals surface area (Å²) >= 11 is 1.92. The number of amides is 1. The summed E-state index contributed by atoms with van der Waals surface area (Å²) in [4.78, 5) is 22.2. The minimum Gasteiger partial charge on any atom is -0.444 e. The van der Waals surface area contributed by atoms with E-state index in [0.717, 1.165) is 0 Å². The van der Waals surface area contributed by atoms with Crippen molar-refractivity contribution in [1.82, 2.24) is 0 Å². The molecule has 1 N–H and O–H groups in total. The summed E-state index contributed by atoms with van der Waals surface area (Å²) in [6.45, 7) is 5.07. The number of nitro groups is 1. The molecule has 1 amide bonds. The number of hydrogen-bond donors (Lipinski definition) is 1. The van der Waals surface area contributed by atoms with E-state index in [9.17, 15) is 14.9 Å². The zero-order valence-electron chi connectivity index (χ0n) is 11.8. The quantitative estimate of drug-likeness (QED) is 0.472. The van der Waals surface area contributed by atoms with Crippen LogP contribution in [0, 0.1) is 25.0 Å². The normalized spacial score (nSPS) is 10.6. The van der Waals surface area contributed by atoms with Crippen molar-refractivity contribution in [2.75, 3.05) is 5.32 Å². The molecule has 0 saturated carbocycles. The van der Waals surface area contributed by atoms with Crippen molar-refractivity contribution in [2.45, 2.75) is 32.8 Å². The van der Waals surface area contributed by atoms with Gasteiger partial charge in [0.05, 0.1) is 17.4 Å². The van der Waals surface area contributed by atoms with Gasteiger partial charge in [-0.1, -0.05) is 0 Å². The molecule has 0 aliphatic carbocycles. The Labute approximate surface area is 135 Å². The van der Waals surface area contributed by atoms with Crippen molar-refractivity contribution < 1.29 is 14.5 Å². The fourth-order valence-electron chi connectivity index (χ4n) is 1.49. The molecule has 1 aromatic carbocycles. The van der Waals surface area contributed by atoms with Crippen LogP contribution in [0.5, 0.6) is 0 Å². The van der Waals surface area contributed by atoms with E-state index in [4.69, 9.17) is 10.00 Å². The number of rotatable bonds is 3. The first-order valence-corrected chi connectivity index (χ1v) is 7.05. The van der Waals surface area contributed by atoms with Crippen LogP contribution in [0.25, 0.3) is 0 Å². The molecule has 21 heavy (non-hydrogen) atoms. The molecule has 0 atom stereocenters. The van der Waals surface area contributed by atoms with Crippen molar-refractivity contribution in [1.29, 1.82) is 5.26 Å². The van der Waals surface area contributed by atoms with Gasteiger partial charge >= 0.3 is 6.09 Å². The molecule has 112 valence electrons. The van der Waals surface area contributed by atoms with Crippen LogP contribution in [0.15, 0.2) is 12.1 Å². The molecule has 0 spiro atoms. The van der Waals surface area contributed by atoms with Crippen LogP contribution in [-0.2, 0) is 11.2 Å². The number of carbonyl (C=O) groups is 1. The molecule has 0 aliphatic heterocycles. The van der Waals surface area contributed by atoms with Gasteiger partial charge in [0.1, 0.15) is 11.3 Å². The van der Waals surface area contributed by atoms with Crippen LogP contribution in [0.2, 0.25) is 0 Å². The SMILES string of the molecule is CC(C)(C)OC(=O)Nc1cc(CC#N)c(I)cc1[N+](=O)[O-]. The standard InChI is InChI=1S/C13H14IN3O4/c1-13(2,3)21-12(18)16-10-6-8(4-5-15)9(14)7-11(10)17(19)20/h6-7H,4H2,1-3H3,(H,16,18). The Hall–Kier alpha value is -1.89. The Morgan fingerprint density at radius 1 is 1.52 bits per heavy atom. The predicted octanol–water partition coefficient (Wildman–Crippen LogP) is 3.61. The van der Waals surface area contributed by atoms with E-state index >= 15 is 0 Å². The van der Waals surface area contributed by atoms with Crippen molar-refractivity contribution in [3.8, 4) is 6.07 Å². The molecule has 0 unspecified atom stereocenters. The maximum atomic E-state index is 11.7. The van der Waals surface area contributed by atoms with Gasteiger partial charge in [-0.05, 0) is 55.0 Å². The average molecular weight is 403 g/mol. The molecule has 0 fully saturated rings. The van der Waals surface area contributed by atoms with E-state index < -0.39 is 16.6 Å². The van der Waals surface area contributed by atoms with Crippen molar-refractivity contribution in [2.24, 2.45) is 0 Å². The third-order valence-corrected chi connectivity index (χ3v) is 3.27. The number of hydrogen-bond acceptors (Lipinski definition) is 5. The van der Waals surface area contributed by atoms with Crippen LogP contribution in [0.1, 0.15) is 26.3 Å². The number of nitro benzene ring substituents is 1. The fraction of sp³-hybridized carbons (Fsp3) is 0.385. The number of benzene rings is 1. The zero-order valence-corrected chi connectivity index (χ0v) is 13.9. The molecular formula is C13H14IN3O4. The number of carbonyl (C=O) groups excluding carboxylic acids is 1. The van der Waals surface area contributed by atoms with Gasteiger partial charge in [0, 0.05) is 9.64 Å². The van der Waals surface area contributed by atoms with Gasteiger partial charge in [0.25, 0.3) is 5.69 Å². The molecule has 0 aromatic heterocycles. The smallest absolute Gasteiger partial charge is 0.412 e. The summed E-state index contributed by atoms with van der Waals surface area (Å²) in [6, 6.07) is 4.72. The van der Waals surface area contributed by atoms with Gasteiger partial charge in [0.15, 0.2) is 0 Å². The van der Waals surface area contributed by atoms with Crippen LogP contribution >= 0.6 is 22.6 Å². The molecule has 0 saturated heterocycles. The monoisotopic (exact) mass is 403 g/mol. The van der Waals surface area contributed by atoms with Crippen molar-refractivity contribution >= 4 is 40.1 Å². The summed E-state index contributed by atoms with van der Waals surface area (Å²) in [7, 11) is 0. The predicted molar refractivity (Wildman–Crippen MR) is 85.0 cm³/mol. The van der Waals surface area contributed by atoms with E-state index in [1.807, 2.05) is 28.7 Å². The van der Waals surface area contributed by atoms with Gasteiger partial charge in [-0.25, -0.2) is 4.79 Å². The van der Waals surface area contributed by atoms with Gasteiger partial charge in [-0.2, -0.15) is 5.26 Å². The minimum absolute atomic E-state index is 0.0138. The lowest BCUT2D eigenvalue weighted by Gasteiger charge is -2.19. The van der Waals surface area contributed by atoms with Crippen molar-refractivity contribution in [3.63, 3.8) is 0 Å². The highest BCUT2D eigenvalue weighted by molar-refractivity contribution is 14.1. The molecule has 7 nitrogen and oxygen atoms in total. The maximum absolute atomic E-state index is 11.7. The number of nitriles is 1. The Bertz CT molecular complexity index is 617. The molecule has 0 bridgehead atoms. The number of nitrogens with zero attached hydrogens (tertiary/aromatic N) is 2. The van der Waals surface area contributed by atoms with E-state index in [2.05, 4.69) is 5.32 Å². The number of nitrogens with one attached hydrogen (secondary N) is 1. The first kappa shape index (κ1) is 17.2. The summed E-state index contributed by atoms with van der Waals surface area (Å²) in [6.07, 6.45) is -0.686. The Morgan fingerprint density at radius 2 is 2.14 bits per heavy atom. The lowest BCUT2D eigenvalue weighted by molar-refractivity contribution is -0.384. The first-order valence-electron chi connectivity index (χ1n) is 5.98. The van der Waals surface area contributed by atoms with Crippen LogP contribution in [0.3, 0.4) is 0 Å². The van der Waals surface area contributed by atoms with E-state index in [1.54, 1.807) is 20.8 Å². The third-order valence-electron chi connectivity index (χ3n) is 2.27. The summed E-state index contributed by atoms with van der Waals surface area (Å²) in [5.74, 6) is 0. The number of ether oxygens (including phenoxy) is 1. The highest BCUT2D eigenvalue weighted by atomic mass is 127. The number of anilines is 1. The Kier molecular flexibility index (Phi) is 5.48. The minimum atomic E-state index is -0.783. The molecule has 0 radical (unpaired) electrons. The van der Waals surface area contributed by atoms with E-state index in [1.165, 1.54) is 12.1 Å². The summed E-state index contributed by atoms with van der Waals surface area (Å²) in [5.41, 5.74) is -0.334. The number of halogens is 1. The lowest BCUT2D eigenvalue weighted by Crippen LogP contribution is -2.27. The second-order valence-corrected chi connectivity index (χ2v) is 6.34. The summed E-state index contributed by atoms with van der Waals surface area (Å²) in [5, 5.41) is 22.2. The van der Waals surface area contributed by atoms with Gasteiger partial charge in [0.2, 0.25) is 0 Å². The average Bonchev–Trinajstić information content (AvgIpc) is 2.30. The Balaban J connectivity index is 3.14. The molecule has 0 heterocycles. The molecular weight excluding hydrogens is 389 g/mol. The van der Waals surface area contributed by atoms with Crippen LogP contribution in [-0.4, -0.2) is 16.6 Å². The molecule has 1 rings (SSSR count). The fourth-order valence-corrected chi connectivity index (χ4v) is 2.13. The van der Waals surface area contributed by atoms with E-state index in [0.29, 0.717) is 9.13 Å². The molecule has 8 heteroatoms. The molecule has 1 aromatic rings. The highest BCUT2D eigenvalue weighted by Crippen LogP contribution is 2.30. The largest absolute Gasteiger partial charge is 0.444 e. The second kappa shape index (κ2) is 6.71. The summed E-state index contributed by atoms with van der Waals surface area (Å²) < 4.78 is 5.66. The van der Waals surface area contributed by atoms with Gasteiger partial charge in [-0.3, -0.25) is 15.4 Å². The molecule has 0 aliphatic rings.